The van der Waals surface area contributed by atoms with Crippen LogP contribution in [0.25, 0.3) is 0 Å². The molecule has 0 saturated carbocycles. The van der Waals surface area contributed by atoms with Crippen molar-refractivity contribution in [2.24, 2.45) is 0 Å². The summed E-state index contributed by atoms with van der Waals surface area (Å²) in [6, 6.07) is 1.78. The van der Waals surface area contributed by atoms with Gasteiger partial charge in [0.25, 0.3) is 5.91 Å². The van der Waals surface area contributed by atoms with Gasteiger partial charge in [-0.1, -0.05) is 0 Å². The lowest BCUT2D eigenvalue weighted by Crippen LogP contribution is -2.23. The molecule has 0 aliphatic heterocycles. The van der Waals surface area contributed by atoms with Crippen LogP contribution < -0.4 is 5.32 Å². The molecular formula is C7H7N3O2. The number of nitriles is 1. The third-order valence-electron chi connectivity index (χ3n) is 1.18. The van der Waals surface area contributed by atoms with E-state index in [1.54, 1.807) is 13.0 Å². The van der Waals surface area contributed by atoms with Gasteiger partial charge in [0.2, 0.25) is 0 Å². The molecule has 0 bridgehead atoms. The van der Waals surface area contributed by atoms with Crippen molar-refractivity contribution in [3.05, 3.63) is 17.8 Å². The summed E-state index contributed by atoms with van der Waals surface area (Å²) in [5.74, 6) is 0.0329. The zero-order valence-electron chi connectivity index (χ0n) is 6.50. The number of nitrogens with one attached hydrogen (secondary N) is 1. The van der Waals surface area contributed by atoms with E-state index >= 15 is 0 Å². The molecule has 1 amide bonds. The number of hydrogen-bond donors (Lipinski definition) is 1. The molecule has 5 heteroatoms. The van der Waals surface area contributed by atoms with Gasteiger partial charge in [0.15, 0.2) is 11.6 Å². The molecule has 5 nitrogen and oxygen atoms in total. The normalized spacial score (nSPS) is 9.00. The quantitative estimate of drug-likeness (QED) is 0.636. The first-order valence-corrected chi connectivity index (χ1v) is 3.31. The van der Waals surface area contributed by atoms with E-state index in [9.17, 15) is 4.79 Å². The first-order chi connectivity index (χ1) is 5.74. The SMILES string of the molecule is Cc1nc(C(=O)NCC#N)co1. The van der Waals surface area contributed by atoms with Crippen molar-refractivity contribution >= 4 is 5.91 Å². The molecule has 0 fully saturated rings. The number of hydrogen-bond acceptors (Lipinski definition) is 4. The first-order valence-electron chi connectivity index (χ1n) is 3.31. The molecular weight excluding hydrogens is 158 g/mol. The second kappa shape index (κ2) is 3.53. The predicted octanol–water partition coefficient (Wildman–Crippen LogP) is 0.236. The van der Waals surface area contributed by atoms with Crippen LogP contribution in [0.15, 0.2) is 10.7 Å². The second-order valence-corrected chi connectivity index (χ2v) is 2.09. The minimum atomic E-state index is -0.395. The monoisotopic (exact) mass is 165 g/mol. The van der Waals surface area contributed by atoms with Crippen LogP contribution in [0.5, 0.6) is 0 Å². The van der Waals surface area contributed by atoms with Crippen LogP contribution in [-0.2, 0) is 0 Å². The molecule has 0 aromatic carbocycles. The van der Waals surface area contributed by atoms with Crippen LogP contribution in [-0.4, -0.2) is 17.4 Å². The van der Waals surface area contributed by atoms with Crippen molar-refractivity contribution in [3.63, 3.8) is 0 Å². The van der Waals surface area contributed by atoms with Gasteiger partial charge in [-0.05, 0) is 0 Å². The summed E-state index contributed by atoms with van der Waals surface area (Å²) in [6.45, 7) is 1.62. The average molecular weight is 165 g/mol. The largest absolute Gasteiger partial charge is 0.448 e. The predicted molar refractivity (Wildman–Crippen MR) is 39.2 cm³/mol. The molecule has 0 spiro atoms. The van der Waals surface area contributed by atoms with Crippen LogP contribution in [0.1, 0.15) is 16.4 Å². The fourth-order valence-electron chi connectivity index (χ4n) is 0.678. The van der Waals surface area contributed by atoms with Crippen molar-refractivity contribution in [1.82, 2.24) is 10.3 Å². The highest BCUT2D eigenvalue weighted by Gasteiger charge is 2.08. The smallest absolute Gasteiger partial charge is 0.274 e. The summed E-state index contributed by atoms with van der Waals surface area (Å²) in [5, 5.41) is 10.5. The Labute approximate surface area is 69.0 Å². The number of rotatable bonds is 2. The lowest BCUT2D eigenvalue weighted by atomic mass is 10.4. The van der Waals surface area contributed by atoms with E-state index in [0.29, 0.717) is 5.89 Å². The Morgan fingerprint density at radius 2 is 2.67 bits per heavy atom. The Bertz CT molecular complexity index is 324. The van der Waals surface area contributed by atoms with Gasteiger partial charge in [-0.2, -0.15) is 5.26 Å². The van der Waals surface area contributed by atoms with E-state index in [0.717, 1.165) is 0 Å². The van der Waals surface area contributed by atoms with E-state index in [4.69, 9.17) is 9.68 Å². The molecule has 0 radical (unpaired) electrons. The molecule has 0 aliphatic carbocycles. The maximum Gasteiger partial charge on any atom is 0.274 e. The summed E-state index contributed by atoms with van der Waals surface area (Å²) in [4.78, 5) is 14.8. The lowest BCUT2D eigenvalue weighted by Gasteiger charge is -1.92. The van der Waals surface area contributed by atoms with E-state index < -0.39 is 5.91 Å². The molecule has 1 aromatic rings. The highest BCUT2D eigenvalue weighted by atomic mass is 16.3. The van der Waals surface area contributed by atoms with Crippen molar-refractivity contribution in [3.8, 4) is 6.07 Å². The summed E-state index contributed by atoms with van der Waals surface area (Å²) in [5.41, 5.74) is 0.197. The van der Waals surface area contributed by atoms with E-state index in [2.05, 4.69) is 10.3 Å². The molecule has 0 atom stereocenters. The van der Waals surface area contributed by atoms with Gasteiger partial charge in [-0.25, -0.2) is 4.98 Å². The highest BCUT2D eigenvalue weighted by molar-refractivity contribution is 5.91. The summed E-state index contributed by atoms with van der Waals surface area (Å²) >= 11 is 0. The molecule has 0 saturated heterocycles. The number of carbonyl (C=O) groups is 1. The Morgan fingerprint density at radius 1 is 1.92 bits per heavy atom. The Balaban J connectivity index is 2.61. The van der Waals surface area contributed by atoms with Crippen molar-refractivity contribution in [1.29, 1.82) is 5.26 Å². The maximum absolute atomic E-state index is 11.0. The third kappa shape index (κ3) is 1.83. The third-order valence-corrected chi connectivity index (χ3v) is 1.18. The Kier molecular flexibility index (Phi) is 2.43. The summed E-state index contributed by atoms with van der Waals surface area (Å²) in [7, 11) is 0. The molecule has 1 aromatic heterocycles. The molecule has 1 N–H and O–H groups in total. The standard InChI is InChI=1S/C7H7N3O2/c1-5-10-6(4-12-5)7(11)9-3-2-8/h4H,3H2,1H3,(H,9,11). The van der Waals surface area contributed by atoms with Crippen LogP contribution in [0.2, 0.25) is 0 Å². The van der Waals surface area contributed by atoms with Crippen molar-refractivity contribution in [2.45, 2.75) is 6.92 Å². The van der Waals surface area contributed by atoms with Crippen molar-refractivity contribution in [2.75, 3.05) is 6.54 Å². The second-order valence-electron chi connectivity index (χ2n) is 2.09. The molecule has 0 aliphatic rings. The van der Waals surface area contributed by atoms with Gasteiger partial charge in [-0.15, -0.1) is 0 Å². The van der Waals surface area contributed by atoms with Gasteiger partial charge >= 0.3 is 0 Å². The molecule has 1 rings (SSSR count). The first kappa shape index (κ1) is 8.27. The van der Waals surface area contributed by atoms with Crippen LogP contribution in [0.4, 0.5) is 0 Å². The number of amides is 1. The maximum atomic E-state index is 11.0. The van der Waals surface area contributed by atoms with E-state index in [1.165, 1.54) is 6.26 Å². The minimum absolute atomic E-state index is 0.0231. The summed E-state index contributed by atoms with van der Waals surface area (Å²) < 4.78 is 4.81. The molecule has 1 heterocycles. The van der Waals surface area contributed by atoms with Crippen LogP contribution in [0.3, 0.4) is 0 Å². The van der Waals surface area contributed by atoms with Crippen LogP contribution in [0, 0.1) is 18.3 Å². The number of oxazole rings is 1. The van der Waals surface area contributed by atoms with Gasteiger partial charge < -0.3 is 9.73 Å². The fraction of sp³-hybridized carbons (Fsp3) is 0.286. The number of carbonyl (C=O) groups excluding carboxylic acids is 1. The molecule has 62 valence electrons. The summed E-state index contributed by atoms with van der Waals surface area (Å²) in [6.07, 6.45) is 1.25. The van der Waals surface area contributed by atoms with E-state index in [-0.39, 0.29) is 12.2 Å². The van der Waals surface area contributed by atoms with Gasteiger partial charge in [-0.3, -0.25) is 4.79 Å². The Hall–Kier alpha value is -1.83. The fourth-order valence-corrected chi connectivity index (χ4v) is 0.678. The molecule has 0 unspecified atom stereocenters. The number of aryl methyl sites for hydroxylation is 1. The molecule has 12 heavy (non-hydrogen) atoms. The highest BCUT2D eigenvalue weighted by Crippen LogP contribution is 1.98. The minimum Gasteiger partial charge on any atom is -0.448 e. The average Bonchev–Trinajstić information content (AvgIpc) is 2.47. The lowest BCUT2D eigenvalue weighted by molar-refractivity contribution is 0.0953. The topological polar surface area (TPSA) is 78.9 Å². The Morgan fingerprint density at radius 3 is 3.17 bits per heavy atom. The van der Waals surface area contributed by atoms with Crippen molar-refractivity contribution < 1.29 is 9.21 Å². The van der Waals surface area contributed by atoms with Crippen LogP contribution >= 0.6 is 0 Å². The zero-order chi connectivity index (χ0) is 8.97. The van der Waals surface area contributed by atoms with Gasteiger partial charge in [0, 0.05) is 6.92 Å². The number of nitrogens with zero attached hydrogens (tertiary/aromatic N) is 2. The zero-order valence-corrected chi connectivity index (χ0v) is 6.50. The van der Waals surface area contributed by atoms with E-state index in [1.807, 2.05) is 0 Å². The van der Waals surface area contributed by atoms with Gasteiger partial charge in [0.1, 0.15) is 12.8 Å². The number of aromatic nitrogens is 1. The van der Waals surface area contributed by atoms with Gasteiger partial charge in [0.05, 0.1) is 6.07 Å².